The van der Waals surface area contributed by atoms with E-state index in [0.717, 1.165) is 42.6 Å². The number of hydrogen-bond acceptors (Lipinski definition) is 3. The molecule has 1 saturated carbocycles. The lowest BCUT2D eigenvalue weighted by Crippen LogP contribution is -2.30. The molecule has 0 amide bonds. The van der Waals surface area contributed by atoms with E-state index in [1.165, 1.54) is 4.31 Å². The SMILES string of the molecule is CCCNc1cc(C)c(S(=O)(=O)N(C)CC2CC2)c(C)c1. The van der Waals surface area contributed by atoms with E-state index in [-0.39, 0.29) is 0 Å². The standard InChI is InChI=1S/C16H26N2O2S/c1-5-8-17-15-9-12(2)16(13(3)10-15)21(19,20)18(4)11-14-6-7-14/h9-10,14,17H,5-8,11H2,1-4H3. The van der Waals surface area contributed by atoms with Crippen LogP contribution in [0.2, 0.25) is 0 Å². The molecule has 0 aliphatic heterocycles. The summed E-state index contributed by atoms with van der Waals surface area (Å²) in [5.74, 6) is 0.552. The molecule has 118 valence electrons. The van der Waals surface area contributed by atoms with E-state index in [4.69, 9.17) is 0 Å². The van der Waals surface area contributed by atoms with Crippen molar-refractivity contribution in [1.29, 1.82) is 0 Å². The molecule has 0 unspecified atom stereocenters. The van der Waals surface area contributed by atoms with Crippen LogP contribution in [0.15, 0.2) is 17.0 Å². The molecule has 21 heavy (non-hydrogen) atoms. The van der Waals surface area contributed by atoms with Crippen molar-refractivity contribution in [3.05, 3.63) is 23.3 Å². The minimum Gasteiger partial charge on any atom is -0.385 e. The lowest BCUT2D eigenvalue weighted by atomic mass is 10.1. The molecule has 0 radical (unpaired) electrons. The van der Waals surface area contributed by atoms with Crippen LogP contribution in [0, 0.1) is 19.8 Å². The van der Waals surface area contributed by atoms with Crippen LogP contribution in [-0.4, -0.2) is 32.9 Å². The zero-order valence-corrected chi connectivity index (χ0v) is 14.3. The third-order valence-corrected chi connectivity index (χ3v) is 6.05. The molecule has 0 bridgehead atoms. The molecular weight excluding hydrogens is 284 g/mol. The summed E-state index contributed by atoms with van der Waals surface area (Å²) in [6.45, 7) is 7.39. The summed E-state index contributed by atoms with van der Waals surface area (Å²) in [5, 5.41) is 3.32. The van der Waals surface area contributed by atoms with E-state index >= 15 is 0 Å². The monoisotopic (exact) mass is 310 g/mol. The highest BCUT2D eigenvalue weighted by Crippen LogP contribution is 2.32. The van der Waals surface area contributed by atoms with Gasteiger partial charge in [0.25, 0.3) is 0 Å². The topological polar surface area (TPSA) is 49.4 Å². The van der Waals surface area contributed by atoms with Gasteiger partial charge in [0, 0.05) is 25.8 Å². The van der Waals surface area contributed by atoms with Gasteiger partial charge < -0.3 is 5.32 Å². The second-order valence-corrected chi connectivity index (χ2v) is 8.08. The number of sulfonamides is 1. The smallest absolute Gasteiger partial charge is 0.243 e. The van der Waals surface area contributed by atoms with E-state index in [0.29, 0.717) is 17.4 Å². The first-order valence-corrected chi connectivity index (χ1v) is 9.11. The van der Waals surface area contributed by atoms with Crippen molar-refractivity contribution in [3.63, 3.8) is 0 Å². The normalized spacial score (nSPS) is 15.5. The van der Waals surface area contributed by atoms with Crippen molar-refractivity contribution in [1.82, 2.24) is 4.31 Å². The maximum absolute atomic E-state index is 12.8. The molecule has 0 atom stereocenters. The van der Waals surface area contributed by atoms with Crippen LogP contribution >= 0.6 is 0 Å². The van der Waals surface area contributed by atoms with Gasteiger partial charge >= 0.3 is 0 Å². The van der Waals surface area contributed by atoms with Gasteiger partial charge in [-0.05, 0) is 62.3 Å². The molecule has 0 aromatic heterocycles. The third kappa shape index (κ3) is 3.77. The maximum Gasteiger partial charge on any atom is 0.243 e. The largest absolute Gasteiger partial charge is 0.385 e. The molecule has 4 nitrogen and oxygen atoms in total. The molecule has 0 heterocycles. The summed E-state index contributed by atoms with van der Waals surface area (Å²) >= 11 is 0. The van der Waals surface area contributed by atoms with Gasteiger partial charge in [0.05, 0.1) is 4.90 Å². The molecule has 1 N–H and O–H groups in total. The van der Waals surface area contributed by atoms with E-state index in [2.05, 4.69) is 12.2 Å². The van der Waals surface area contributed by atoms with Crippen LogP contribution in [-0.2, 0) is 10.0 Å². The second-order valence-electron chi connectivity index (χ2n) is 6.09. The highest BCUT2D eigenvalue weighted by Gasteiger charge is 2.30. The zero-order chi connectivity index (χ0) is 15.6. The van der Waals surface area contributed by atoms with Crippen molar-refractivity contribution in [2.45, 2.75) is 44.9 Å². The van der Waals surface area contributed by atoms with Crippen molar-refractivity contribution < 1.29 is 8.42 Å². The van der Waals surface area contributed by atoms with Crippen molar-refractivity contribution in [2.75, 3.05) is 25.5 Å². The third-order valence-electron chi connectivity index (χ3n) is 3.92. The Kier molecular flexibility index (Phi) is 4.94. The Morgan fingerprint density at radius 2 is 1.81 bits per heavy atom. The molecule has 1 fully saturated rings. The first-order chi connectivity index (χ1) is 9.86. The fourth-order valence-corrected chi connectivity index (χ4v) is 4.30. The lowest BCUT2D eigenvalue weighted by Gasteiger charge is -2.21. The Bertz CT molecular complexity index is 584. The molecule has 0 spiro atoms. The van der Waals surface area contributed by atoms with Crippen LogP contribution in [0.4, 0.5) is 5.69 Å². The molecule has 2 rings (SSSR count). The van der Waals surface area contributed by atoms with Crippen molar-refractivity contribution in [2.24, 2.45) is 5.92 Å². The van der Waals surface area contributed by atoms with Gasteiger partial charge in [-0.3, -0.25) is 0 Å². The van der Waals surface area contributed by atoms with E-state index in [9.17, 15) is 8.42 Å². The lowest BCUT2D eigenvalue weighted by molar-refractivity contribution is 0.452. The van der Waals surface area contributed by atoms with Crippen LogP contribution in [0.5, 0.6) is 0 Å². The van der Waals surface area contributed by atoms with Crippen LogP contribution < -0.4 is 5.32 Å². The Morgan fingerprint density at radius 3 is 2.29 bits per heavy atom. The Hall–Kier alpha value is -1.07. The number of anilines is 1. The Labute approximate surface area is 128 Å². The van der Waals surface area contributed by atoms with E-state index < -0.39 is 10.0 Å². The molecule has 0 saturated heterocycles. The highest BCUT2D eigenvalue weighted by molar-refractivity contribution is 7.89. The first kappa shape index (κ1) is 16.3. The van der Waals surface area contributed by atoms with Gasteiger partial charge in [0.2, 0.25) is 10.0 Å². The van der Waals surface area contributed by atoms with Gasteiger partial charge in [0.1, 0.15) is 0 Å². The highest BCUT2D eigenvalue weighted by atomic mass is 32.2. The zero-order valence-electron chi connectivity index (χ0n) is 13.4. The average molecular weight is 310 g/mol. The molecule has 5 heteroatoms. The average Bonchev–Trinajstić information content (AvgIpc) is 3.19. The van der Waals surface area contributed by atoms with Crippen molar-refractivity contribution in [3.8, 4) is 0 Å². The molecule has 1 aliphatic rings. The molecular formula is C16H26N2O2S. The fraction of sp³-hybridized carbons (Fsp3) is 0.625. The number of aryl methyl sites for hydroxylation is 2. The quantitative estimate of drug-likeness (QED) is 0.841. The van der Waals surface area contributed by atoms with Crippen LogP contribution in [0.25, 0.3) is 0 Å². The summed E-state index contributed by atoms with van der Waals surface area (Å²) in [5.41, 5.74) is 2.63. The minimum atomic E-state index is -3.39. The van der Waals surface area contributed by atoms with Gasteiger partial charge in [-0.15, -0.1) is 0 Å². The van der Waals surface area contributed by atoms with Gasteiger partial charge in [-0.1, -0.05) is 6.92 Å². The number of benzene rings is 1. The van der Waals surface area contributed by atoms with Crippen LogP contribution in [0.3, 0.4) is 0 Å². The van der Waals surface area contributed by atoms with Gasteiger partial charge in [-0.2, -0.15) is 0 Å². The number of hydrogen-bond donors (Lipinski definition) is 1. The molecule has 1 aliphatic carbocycles. The first-order valence-electron chi connectivity index (χ1n) is 7.67. The van der Waals surface area contributed by atoms with E-state index in [1.807, 2.05) is 26.0 Å². The Balaban J connectivity index is 2.29. The second kappa shape index (κ2) is 6.36. The summed E-state index contributed by atoms with van der Waals surface area (Å²) in [4.78, 5) is 0.465. The summed E-state index contributed by atoms with van der Waals surface area (Å²) < 4.78 is 27.0. The number of nitrogens with one attached hydrogen (secondary N) is 1. The fourth-order valence-electron chi connectivity index (χ4n) is 2.65. The summed E-state index contributed by atoms with van der Waals surface area (Å²) in [6.07, 6.45) is 3.34. The van der Waals surface area contributed by atoms with Gasteiger partial charge in [0.15, 0.2) is 0 Å². The van der Waals surface area contributed by atoms with Gasteiger partial charge in [-0.25, -0.2) is 12.7 Å². The summed E-state index contributed by atoms with van der Waals surface area (Å²) in [7, 11) is -1.70. The minimum absolute atomic E-state index is 0.465. The van der Waals surface area contributed by atoms with E-state index in [1.54, 1.807) is 7.05 Å². The summed E-state index contributed by atoms with van der Waals surface area (Å²) in [6, 6.07) is 3.86. The maximum atomic E-state index is 12.8. The number of nitrogens with zero attached hydrogens (tertiary/aromatic N) is 1. The van der Waals surface area contributed by atoms with Crippen molar-refractivity contribution >= 4 is 15.7 Å². The molecule has 1 aromatic carbocycles. The predicted octanol–water partition coefficient (Wildman–Crippen LogP) is 3.16. The predicted molar refractivity (Wildman–Crippen MR) is 87.2 cm³/mol. The van der Waals surface area contributed by atoms with Crippen LogP contribution in [0.1, 0.15) is 37.3 Å². The Morgan fingerprint density at radius 1 is 1.24 bits per heavy atom. The number of rotatable bonds is 7. The molecule has 1 aromatic rings.